The fourth-order valence-electron chi connectivity index (χ4n) is 3.88. The highest BCUT2D eigenvalue weighted by molar-refractivity contribution is 5.02. The SMILES string of the molecule is CCC1CC2CCCC2N1C(C)(C)CC. The van der Waals surface area contributed by atoms with Crippen LogP contribution in [0.25, 0.3) is 0 Å². The number of hydrogen-bond acceptors (Lipinski definition) is 1. The molecule has 0 radical (unpaired) electrons. The van der Waals surface area contributed by atoms with E-state index in [2.05, 4.69) is 32.6 Å². The van der Waals surface area contributed by atoms with Gasteiger partial charge in [-0.05, 0) is 51.9 Å². The lowest BCUT2D eigenvalue weighted by atomic mass is 9.95. The van der Waals surface area contributed by atoms with E-state index < -0.39 is 0 Å². The van der Waals surface area contributed by atoms with Crippen LogP contribution in [0.4, 0.5) is 0 Å². The predicted molar refractivity (Wildman–Crippen MR) is 66.0 cm³/mol. The summed E-state index contributed by atoms with van der Waals surface area (Å²) in [5.41, 5.74) is 0.421. The quantitative estimate of drug-likeness (QED) is 0.683. The molecule has 1 saturated heterocycles. The Labute approximate surface area is 95.2 Å². The molecule has 0 aromatic rings. The zero-order valence-electron chi connectivity index (χ0n) is 10.9. The topological polar surface area (TPSA) is 3.24 Å². The Kier molecular flexibility index (Phi) is 3.12. The first-order valence-corrected chi connectivity index (χ1v) is 6.88. The van der Waals surface area contributed by atoms with Crippen molar-refractivity contribution < 1.29 is 0 Å². The van der Waals surface area contributed by atoms with E-state index in [0.29, 0.717) is 5.54 Å². The first-order chi connectivity index (χ1) is 7.10. The molecule has 0 aromatic carbocycles. The minimum atomic E-state index is 0.421. The normalized spacial score (nSPS) is 37.2. The summed E-state index contributed by atoms with van der Waals surface area (Å²) in [6.45, 7) is 9.59. The third-order valence-corrected chi connectivity index (χ3v) is 4.98. The van der Waals surface area contributed by atoms with Gasteiger partial charge < -0.3 is 0 Å². The van der Waals surface area contributed by atoms with E-state index >= 15 is 0 Å². The zero-order chi connectivity index (χ0) is 11.1. The van der Waals surface area contributed by atoms with Gasteiger partial charge in [0.15, 0.2) is 0 Å². The standard InChI is InChI=1S/C14H27N/c1-5-12-10-11-8-7-9-13(11)15(12)14(3,4)6-2/h11-13H,5-10H2,1-4H3. The highest BCUT2D eigenvalue weighted by atomic mass is 15.3. The van der Waals surface area contributed by atoms with Crippen LogP contribution in [0.15, 0.2) is 0 Å². The molecule has 1 aliphatic carbocycles. The molecule has 0 bridgehead atoms. The van der Waals surface area contributed by atoms with Crippen LogP contribution in [-0.2, 0) is 0 Å². The number of likely N-dealkylation sites (tertiary alicyclic amines) is 1. The van der Waals surface area contributed by atoms with Gasteiger partial charge in [0.25, 0.3) is 0 Å². The van der Waals surface area contributed by atoms with Gasteiger partial charge in [0.05, 0.1) is 0 Å². The summed E-state index contributed by atoms with van der Waals surface area (Å²) in [7, 11) is 0. The number of nitrogens with zero attached hydrogens (tertiary/aromatic N) is 1. The second-order valence-corrected chi connectivity index (χ2v) is 6.13. The number of rotatable bonds is 3. The lowest BCUT2D eigenvalue weighted by Crippen LogP contribution is -2.50. The molecule has 2 rings (SSSR count). The highest BCUT2D eigenvalue weighted by Gasteiger charge is 2.47. The van der Waals surface area contributed by atoms with E-state index in [1.165, 1.54) is 38.5 Å². The van der Waals surface area contributed by atoms with Crippen molar-refractivity contribution in [1.29, 1.82) is 0 Å². The summed E-state index contributed by atoms with van der Waals surface area (Å²) in [5, 5.41) is 0. The number of hydrogen-bond donors (Lipinski definition) is 0. The van der Waals surface area contributed by atoms with Gasteiger partial charge in [0.2, 0.25) is 0 Å². The van der Waals surface area contributed by atoms with Crippen molar-refractivity contribution in [2.75, 3.05) is 0 Å². The average Bonchev–Trinajstić information content (AvgIpc) is 2.75. The van der Waals surface area contributed by atoms with Gasteiger partial charge in [-0.25, -0.2) is 0 Å². The molecular weight excluding hydrogens is 182 g/mol. The third-order valence-electron chi connectivity index (χ3n) is 4.98. The van der Waals surface area contributed by atoms with Gasteiger partial charge in [0.1, 0.15) is 0 Å². The lowest BCUT2D eigenvalue weighted by molar-refractivity contribution is 0.0543. The first-order valence-electron chi connectivity index (χ1n) is 6.88. The second kappa shape index (κ2) is 4.08. The van der Waals surface area contributed by atoms with Crippen LogP contribution in [0, 0.1) is 5.92 Å². The number of fused-ring (bicyclic) bond motifs is 1. The molecule has 2 fully saturated rings. The van der Waals surface area contributed by atoms with Crippen LogP contribution in [0.3, 0.4) is 0 Å². The smallest absolute Gasteiger partial charge is 0.0156 e. The fraction of sp³-hybridized carbons (Fsp3) is 1.00. The van der Waals surface area contributed by atoms with Gasteiger partial charge >= 0.3 is 0 Å². The molecular formula is C14H27N. The van der Waals surface area contributed by atoms with Crippen molar-refractivity contribution >= 4 is 0 Å². The van der Waals surface area contributed by atoms with Gasteiger partial charge in [-0.3, -0.25) is 4.90 Å². The maximum Gasteiger partial charge on any atom is 0.0156 e. The molecule has 1 heterocycles. The van der Waals surface area contributed by atoms with Crippen molar-refractivity contribution in [1.82, 2.24) is 4.90 Å². The second-order valence-electron chi connectivity index (χ2n) is 6.13. The monoisotopic (exact) mass is 209 g/mol. The van der Waals surface area contributed by atoms with Gasteiger partial charge in [0, 0.05) is 17.6 Å². The van der Waals surface area contributed by atoms with E-state index in [-0.39, 0.29) is 0 Å². The van der Waals surface area contributed by atoms with E-state index in [9.17, 15) is 0 Å². The molecule has 2 aliphatic rings. The fourth-order valence-corrected chi connectivity index (χ4v) is 3.88. The van der Waals surface area contributed by atoms with Crippen LogP contribution in [-0.4, -0.2) is 22.5 Å². The Balaban J connectivity index is 2.18. The Morgan fingerprint density at radius 2 is 1.93 bits per heavy atom. The first kappa shape index (κ1) is 11.4. The summed E-state index contributed by atoms with van der Waals surface area (Å²) in [6.07, 6.45) is 8.54. The van der Waals surface area contributed by atoms with E-state index in [1.807, 2.05) is 0 Å². The van der Waals surface area contributed by atoms with E-state index in [4.69, 9.17) is 0 Å². The molecule has 0 aromatic heterocycles. The van der Waals surface area contributed by atoms with Crippen molar-refractivity contribution in [2.45, 2.75) is 83.8 Å². The molecule has 0 amide bonds. The van der Waals surface area contributed by atoms with E-state index in [0.717, 1.165) is 18.0 Å². The summed E-state index contributed by atoms with van der Waals surface area (Å²) in [5.74, 6) is 1.03. The van der Waals surface area contributed by atoms with Gasteiger partial charge in [-0.2, -0.15) is 0 Å². The molecule has 1 heteroatoms. The largest absolute Gasteiger partial charge is 0.292 e. The van der Waals surface area contributed by atoms with Crippen molar-refractivity contribution in [3.63, 3.8) is 0 Å². The molecule has 15 heavy (non-hydrogen) atoms. The lowest BCUT2D eigenvalue weighted by Gasteiger charge is -2.43. The van der Waals surface area contributed by atoms with E-state index in [1.54, 1.807) is 0 Å². The Bertz CT molecular complexity index is 221. The average molecular weight is 209 g/mol. The van der Waals surface area contributed by atoms with Crippen LogP contribution >= 0.6 is 0 Å². The molecule has 0 spiro atoms. The van der Waals surface area contributed by atoms with Crippen LogP contribution in [0.2, 0.25) is 0 Å². The van der Waals surface area contributed by atoms with Crippen LogP contribution < -0.4 is 0 Å². The predicted octanol–water partition coefficient (Wildman–Crippen LogP) is 3.83. The van der Waals surface area contributed by atoms with Crippen molar-refractivity contribution in [3.05, 3.63) is 0 Å². The molecule has 1 nitrogen and oxygen atoms in total. The molecule has 0 N–H and O–H groups in total. The third kappa shape index (κ3) is 1.84. The summed E-state index contributed by atoms with van der Waals surface area (Å²) in [6, 6.07) is 1.79. The van der Waals surface area contributed by atoms with Crippen LogP contribution in [0.1, 0.15) is 66.2 Å². The van der Waals surface area contributed by atoms with Gasteiger partial charge in [-0.1, -0.05) is 20.3 Å². The highest BCUT2D eigenvalue weighted by Crippen LogP contribution is 2.46. The minimum Gasteiger partial charge on any atom is -0.292 e. The molecule has 1 saturated carbocycles. The summed E-state index contributed by atoms with van der Waals surface area (Å²) >= 11 is 0. The van der Waals surface area contributed by atoms with Crippen molar-refractivity contribution in [2.24, 2.45) is 5.92 Å². The summed E-state index contributed by atoms with van der Waals surface area (Å²) < 4.78 is 0. The van der Waals surface area contributed by atoms with Crippen LogP contribution in [0.5, 0.6) is 0 Å². The van der Waals surface area contributed by atoms with Crippen molar-refractivity contribution in [3.8, 4) is 0 Å². The molecule has 88 valence electrons. The summed E-state index contributed by atoms with van der Waals surface area (Å²) in [4.78, 5) is 2.88. The van der Waals surface area contributed by atoms with Gasteiger partial charge in [-0.15, -0.1) is 0 Å². The maximum atomic E-state index is 2.88. The molecule has 1 aliphatic heterocycles. The Morgan fingerprint density at radius 1 is 1.20 bits per heavy atom. The molecule has 3 atom stereocenters. The molecule has 3 unspecified atom stereocenters. The Hall–Kier alpha value is -0.0400. The minimum absolute atomic E-state index is 0.421. The zero-order valence-corrected chi connectivity index (χ0v) is 10.9. The maximum absolute atomic E-state index is 2.88. The Morgan fingerprint density at radius 3 is 2.53 bits per heavy atom.